The van der Waals surface area contributed by atoms with E-state index in [9.17, 15) is 8.42 Å². The standard InChI is InChI=1S/C18H25BrN4O3S2/c1-13-14-11-16(19)20-18(22-7-9-26-10-8-22)17(14)27-15(13)12-21-3-5-23(6-4-21)28(2,24)25/h11H,3-10,12H2,1-2H3. The molecule has 2 aromatic heterocycles. The average Bonchev–Trinajstić information content (AvgIpc) is 2.97. The van der Waals surface area contributed by atoms with E-state index in [1.807, 2.05) is 11.3 Å². The molecule has 0 bridgehead atoms. The maximum atomic E-state index is 11.7. The Kier molecular flexibility index (Phi) is 5.97. The minimum absolute atomic E-state index is 0.564. The number of morpholine rings is 1. The molecule has 0 aromatic carbocycles. The summed E-state index contributed by atoms with van der Waals surface area (Å²) in [5.74, 6) is 1.04. The molecular formula is C18H25BrN4O3S2. The monoisotopic (exact) mass is 488 g/mol. The van der Waals surface area contributed by atoms with Gasteiger partial charge in [-0.1, -0.05) is 0 Å². The third-order valence-corrected chi connectivity index (χ3v) is 8.45. The van der Waals surface area contributed by atoms with Crippen LogP contribution in [0.15, 0.2) is 10.7 Å². The first-order valence-corrected chi connectivity index (χ1v) is 12.9. The van der Waals surface area contributed by atoms with Crippen LogP contribution in [0.25, 0.3) is 10.1 Å². The zero-order valence-electron chi connectivity index (χ0n) is 16.1. The smallest absolute Gasteiger partial charge is 0.211 e. The largest absolute Gasteiger partial charge is 0.378 e. The lowest BCUT2D eigenvalue weighted by molar-refractivity contribution is 0.122. The number of pyridine rings is 1. The second-order valence-electron chi connectivity index (χ2n) is 7.33. The van der Waals surface area contributed by atoms with Gasteiger partial charge in [-0.2, -0.15) is 4.31 Å². The van der Waals surface area contributed by atoms with E-state index < -0.39 is 10.0 Å². The molecule has 0 spiro atoms. The highest BCUT2D eigenvalue weighted by Crippen LogP contribution is 2.39. The summed E-state index contributed by atoms with van der Waals surface area (Å²) in [6, 6.07) is 2.11. The SMILES string of the molecule is Cc1c(CN2CCN(S(C)(=O)=O)CC2)sc2c(N3CCOCC3)nc(Br)cc12. The van der Waals surface area contributed by atoms with Gasteiger partial charge in [-0.3, -0.25) is 4.90 Å². The Balaban J connectivity index is 1.58. The van der Waals surface area contributed by atoms with Gasteiger partial charge in [-0.15, -0.1) is 11.3 Å². The molecule has 4 rings (SSSR count). The highest BCUT2D eigenvalue weighted by atomic mass is 79.9. The van der Waals surface area contributed by atoms with E-state index in [2.05, 4.69) is 38.7 Å². The van der Waals surface area contributed by atoms with Crippen molar-refractivity contribution in [3.8, 4) is 0 Å². The van der Waals surface area contributed by atoms with Gasteiger partial charge >= 0.3 is 0 Å². The Morgan fingerprint density at radius 1 is 1.18 bits per heavy atom. The van der Waals surface area contributed by atoms with Gasteiger partial charge in [0.15, 0.2) is 0 Å². The number of nitrogens with zero attached hydrogens (tertiary/aromatic N) is 4. The summed E-state index contributed by atoms with van der Waals surface area (Å²) in [6.45, 7) is 8.87. The summed E-state index contributed by atoms with van der Waals surface area (Å²) in [6.07, 6.45) is 1.29. The number of halogens is 1. The average molecular weight is 489 g/mol. The molecule has 0 amide bonds. The minimum atomic E-state index is -3.09. The molecule has 0 radical (unpaired) electrons. The van der Waals surface area contributed by atoms with Crippen LogP contribution in [0.1, 0.15) is 10.4 Å². The van der Waals surface area contributed by atoms with E-state index in [4.69, 9.17) is 9.72 Å². The van der Waals surface area contributed by atoms with Crippen LogP contribution in [-0.4, -0.2) is 81.3 Å². The number of piperazine rings is 1. The summed E-state index contributed by atoms with van der Waals surface area (Å²) < 4.78 is 32.6. The van der Waals surface area contributed by atoms with Crippen molar-refractivity contribution in [3.05, 3.63) is 21.1 Å². The van der Waals surface area contributed by atoms with Crippen LogP contribution in [0.4, 0.5) is 5.82 Å². The number of anilines is 1. The predicted molar refractivity (Wildman–Crippen MR) is 117 cm³/mol. The lowest BCUT2D eigenvalue weighted by Gasteiger charge is -2.33. The van der Waals surface area contributed by atoms with Crippen LogP contribution in [-0.2, 0) is 21.3 Å². The molecule has 2 saturated heterocycles. The van der Waals surface area contributed by atoms with Gasteiger partial charge in [0.05, 0.1) is 24.2 Å². The molecule has 2 aliphatic rings. The van der Waals surface area contributed by atoms with Gasteiger partial charge in [-0.25, -0.2) is 13.4 Å². The quantitative estimate of drug-likeness (QED) is 0.615. The summed E-state index contributed by atoms with van der Waals surface area (Å²) >= 11 is 5.39. The number of rotatable bonds is 4. The molecule has 0 aliphatic carbocycles. The van der Waals surface area contributed by atoms with Crippen molar-refractivity contribution in [2.45, 2.75) is 13.5 Å². The van der Waals surface area contributed by atoms with Crippen molar-refractivity contribution >= 4 is 53.2 Å². The molecule has 4 heterocycles. The molecule has 2 aromatic rings. The van der Waals surface area contributed by atoms with Crippen molar-refractivity contribution in [1.82, 2.24) is 14.2 Å². The van der Waals surface area contributed by atoms with Crippen LogP contribution in [0.5, 0.6) is 0 Å². The molecule has 0 atom stereocenters. The van der Waals surface area contributed by atoms with Crippen molar-refractivity contribution in [1.29, 1.82) is 0 Å². The van der Waals surface area contributed by atoms with Gasteiger partial charge in [0.25, 0.3) is 0 Å². The summed E-state index contributed by atoms with van der Waals surface area (Å²) in [7, 11) is -3.09. The molecule has 0 saturated carbocycles. The molecule has 2 fully saturated rings. The van der Waals surface area contributed by atoms with Crippen LogP contribution in [0, 0.1) is 6.92 Å². The third-order valence-electron chi connectivity index (χ3n) is 5.45. The number of hydrogen-bond acceptors (Lipinski definition) is 7. The van der Waals surface area contributed by atoms with E-state index in [-0.39, 0.29) is 0 Å². The van der Waals surface area contributed by atoms with Crippen molar-refractivity contribution in [2.75, 3.05) is 63.6 Å². The normalized spacial score (nSPS) is 20.2. The fraction of sp³-hybridized carbons (Fsp3) is 0.611. The Hall–Kier alpha value is -0.780. The maximum Gasteiger partial charge on any atom is 0.211 e. The lowest BCUT2D eigenvalue weighted by Crippen LogP contribution is -2.47. The van der Waals surface area contributed by atoms with Crippen LogP contribution in [0.3, 0.4) is 0 Å². The van der Waals surface area contributed by atoms with Crippen LogP contribution in [0.2, 0.25) is 0 Å². The van der Waals surface area contributed by atoms with Crippen molar-refractivity contribution in [2.24, 2.45) is 0 Å². The lowest BCUT2D eigenvalue weighted by atomic mass is 10.1. The first-order valence-electron chi connectivity index (χ1n) is 9.41. The Bertz CT molecular complexity index is 965. The first kappa shape index (κ1) is 20.5. The van der Waals surface area contributed by atoms with E-state index >= 15 is 0 Å². The summed E-state index contributed by atoms with van der Waals surface area (Å²) in [4.78, 5) is 10.8. The highest BCUT2D eigenvalue weighted by molar-refractivity contribution is 9.10. The fourth-order valence-electron chi connectivity index (χ4n) is 3.78. The Morgan fingerprint density at radius 3 is 2.50 bits per heavy atom. The Labute approximate surface area is 178 Å². The molecule has 28 heavy (non-hydrogen) atoms. The van der Waals surface area contributed by atoms with Gasteiger partial charge in [0, 0.05) is 56.1 Å². The van der Waals surface area contributed by atoms with Crippen molar-refractivity contribution in [3.63, 3.8) is 0 Å². The van der Waals surface area contributed by atoms with Gasteiger partial charge in [-0.05, 0) is 34.5 Å². The molecule has 0 unspecified atom stereocenters. The number of sulfonamides is 1. The fourth-order valence-corrected chi connectivity index (χ4v) is 6.35. The highest BCUT2D eigenvalue weighted by Gasteiger charge is 2.25. The third kappa shape index (κ3) is 4.22. The number of aryl methyl sites for hydroxylation is 1. The summed E-state index contributed by atoms with van der Waals surface area (Å²) in [5.41, 5.74) is 1.29. The minimum Gasteiger partial charge on any atom is -0.378 e. The van der Waals surface area contributed by atoms with Gasteiger partial charge in [0.2, 0.25) is 10.0 Å². The molecule has 0 N–H and O–H groups in total. The number of thiophene rings is 1. The van der Waals surface area contributed by atoms with Crippen molar-refractivity contribution < 1.29 is 13.2 Å². The van der Waals surface area contributed by atoms with Crippen LogP contribution < -0.4 is 4.90 Å². The molecular weight excluding hydrogens is 464 g/mol. The number of fused-ring (bicyclic) bond motifs is 1. The number of ether oxygens (including phenoxy) is 1. The topological polar surface area (TPSA) is 66.0 Å². The molecule has 2 aliphatic heterocycles. The predicted octanol–water partition coefficient (Wildman–Crippen LogP) is 2.28. The number of aromatic nitrogens is 1. The van der Waals surface area contributed by atoms with E-state index in [1.165, 1.54) is 26.8 Å². The maximum absolute atomic E-state index is 11.7. The van der Waals surface area contributed by atoms with Gasteiger partial charge < -0.3 is 9.64 Å². The van der Waals surface area contributed by atoms with Crippen LogP contribution >= 0.6 is 27.3 Å². The second-order valence-corrected chi connectivity index (χ2v) is 11.2. The number of hydrogen-bond donors (Lipinski definition) is 0. The Morgan fingerprint density at radius 2 is 1.86 bits per heavy atom. The first-order chi connectivity index (χ1) is 13.3. The van der Waals surface area contributed by atoms with E-state index in [0.29, 0.717) is 13.1 Å². The van der Waals surface area contributed by atoms with E-state index in [0.717, 1.165) is 56.4 Å². The molecule has 10 heteroatoms. The zero-order chi connectivity index (χ0) is 19.9. The molecule has 154 valence electrons. The second kappa shape index (κ2) is 8.16. The van der Waals surface area contributed by atoms with E-state index in [1.54, 1.807) is 4.31 Å². The summed E-state index contributed by atoms with van der Waals surface area (Å²) in [5, 5.41) is 1.25. The van der Waals surface area contributed by atoms with Gasteiger partial charge in [0.1, 0.15) is 10.4 Å². The molecule has 7 nitrogen and oxygen atoms in total. The zero-order valence-corrected chi connectivity index (χ0v) is 19.4.